The molecule has 0 aromatic heterocycles. The van der Waals surface area contributed by atoms with E-state index in [-0.39, 0.29) is 0 Å². The van der Waals surface area contributed by atoms with Gasteiger partial charge in [0.1, 0.15) is 12.1 Å². The molecule has 86 valence electrons. The summed E-state index contributed by atoms with van der Waals surface area (Å²) in [6.07, 6.45) is 0.471. The van der Waals surface area contributed by atoms with E-state index in [1.165, 1.54) is 0 Å². The molecular formula is C9H17N3O3. The van der Waals surface area contributed by atoms with Gasteiger partial charge in [0.2, 0.25) is 5.91 Å². The number of rotatable bonds is 4. The van der Waals surface area contributed by atoms with Crippen molar-refractivity contribution >= 4 is 11.9 Å². The van der Waals surface area contributed by atoms with E-state index in [1.807, 2.05) is 0 Å². The molecule has 15 heavy (non-hydrogen) atoms. The fourth-order valence-electron chi connectivity index (χ4n) is 1.91. The molecule has 4 N–H and O–H groups in total. The Labute approximate surface area is 88.4 Å². The second-order valence-electron chi connectivity index (χ2n) is 3.62. The van der Waals surface area contributed by atoms with Crippen LogP contribution in [0.3, 0.4) is 0 Å². The topological polar surface area (TPSA) is 95.7 Å². The van der Waals surface area contributed by atoms with Crippen LogP contribution in [0.2, 0.25) is 0 Å². The number of carbonyl (C=O) groups is 2. The van der Waals surface area contributed by atoms with E-state index >= 15 is 0 Å². The van der Waals surface area contributed by atoms with Crippen LogP contribution in [0, 0.1) is 0 Å². The average molecular weight is 215 g/mol. The van der Waals surface area contributed by atoms with Gasteiger partial charge in [0.25, 0.3) is 0 Å². The molecule has 0 aromatic carbocycles. The number of aliphatic carboxylic acids is 1. The van der Waals surface area contributed by atoms with Gasteiger partial charge in [-0.2, -0.15) is 0 Å². The molecule has 2 unspecified atom stereocenters. The van der Waals surface area contributed by atoms with Crippen LogP contribution >= 0.6 is 0 Å². The first-order chi connectivity index (χ1) is 7.07. The zero-order chi connectivity index (χ0) is 11.4. The highest BCUT2D eigenvalue weighted by Crippen LogP contribution is 2.11. The molecular weight excluding hydrogens is 198 g/mol. The molecule has 0 radical (unpaired) electrons. The average Bonchev–Trinajstić information content (AvgIpc) is 2.18. The highest BCUT2D eigenvalue weighted by Gasteiger charge is 2.34. The van der Waals surface area contributed by atoms with Crippen molar-refractivity contribution in [2.24, 2.45) is 5.73 Å². The third-order valence-corrected chi connectivity index (χ3v) is 2.69. The van der Waals surface area contributed by atoms with Crippen molar-refractivity contribution in [3.05, 3.63) is 0 Å². The maximum Gasteiger partial charge on any atom is 0.320 e. The number of amides is 1. The first-order valence-electron chi connectivity index (χ1n) is 5.06. The Balaban J connectivity index is 2.78. The molecule has 1 rings (SSSR count). The normalized spacial score (nSPS) is 24.7. The second kappa shape index (κ2) is 5.09. The summed E-state index contributed by atoms with van der Waals surface area (Å²) in [5, 5.41) is 12.0. The number of hydrogen-bond donors (Lipinski definition) is 3. The quantitative estimate of drug-likeness (QED) is 0.536. The zero-order valence-electron chi connectivity index (χ0n) is 8.77. The minimum atomic E-state index is -0.898. The Hall–Kier alpha value is -1.14. The predicted molar refractivity (Wildman–Crippen MR) is 54.3 cm³/mol. The van der Waals surface area contributed by atoms with Crippen LogP contribution in [0.4, 0.5) is 0 Å². The van der Waals surface area contributed by atoms with Crippen molar-refractivity contribution in [1.29, 1.82) is 0 Å². The fourth-order valence-corrected chi connectivity index (χ4v) is 1.91. The molecule has 1 aliphatic rings. The van der Waals surface area contributed by atoms with E-state index < -0.39 is 24.0 Å². The summed E-state index contributed by atoms with van der Waals surface area (Å²) in [6.45, 7) is 3.45. The molecule has 1 aliphatic heterocycles. The minimum absolute atomic E-state index is 0.430. The fraction of sp³-hybridized carbons (Fsp3) is 0.778. The number of nitrogens with zero attached hydrogens (tertiary/aromatic N) is 1. The highest BCUT2D eigenvalue weighted by atomic mass is 16.4. The molecule has 1 heterocycles. The van der Waals surface area contributed by atoms with Gasteiger partial charge in [-0.3, -0.25) is 14.5 Å². The van der Waals surface area contributed by atoms with Gasteiger partial charge >= 0.3 is 5.97 Å². The number of carboxylic acids is 1. The zero-order valence-corrected chi connectivity index (χ0v) is 8.77. The molecule has 0 bridgehead atoms. The van der Waals surface area contributed by atoms with Gasteiger partial charge in [0.15, 0.2) is 0 Å². The smallest absolute Gasteiger partial charge is 0.320 e. The third-order valence-electron chi connectivity index (χ3n) is 2.69. The summed E-state index contributed by atoms with van der Waals surface area (Å²) in [6, 6.07) is -1.13. The first kappa shape index (κ1) is 11.9. The van der Waals surface area contributed by atoms with Gasteiger partial charge in [-0.1, -0.05) is 6.92 Å². The number of carboxylic acid groups (broad SMARTS) is 1. The van der Waals surface area contributed by atoms with Crippen LogP contribution in [0.5, 0.6) is 0 Å². The minimum Gasteiger partial charge on any atom is -0.480 e. The van der Waals surface area contributed by atoms with Crippen LogP contribution in [0.25, 0.3) is 0 Å². The van der Waals surface area contributed by atoms with E-state index in [1.54, 1.807) is 11.8 Å². The predicted octanol–water partition coefficient (Wildman–Crippen LogP) is -1.39. The summed E-state index contributed by atoms with van der Waals surface area (Å²) in [5.41, 5.74) is 5.24. The Morgan fingerprint density at radius 3 is 2.80 bits per heavy atom. The Morgan fingerprint density at radius 2 is 2.33 bits per heavy atom. The summed E-state index contributed by atoms with van der Waals surface area (Å²) in [7, 11) is 0. The van der Waals surface area contributed by atoms with Crippen molar-refractivity contribution in [1.82, 2.24) is 10.2 Å². The van der Waals surface area contributed by atoms with Gasteiger partial charge in [-0.05, 0) is 6.42 Å². The molecule has 1 saturated heterocycles. The maximum absolute atomic E-state index is 11.2. The monoisotopic (exact) mass is 215 g/mol. The summed E-state index contributed by atoms with van der Waals surface area (Å²) >= 11 is 0. The van der Waals surface area contributed by atoms with E-state index in [4.69, 9.17) is 10.8 Å². The lowest BCUT2D eigenvalue weighted by molar-refractivity contribution is -0.146. The lowest BCUT2D eigenvalue weighted by Crippen LogP contribution is -2.61. The van der Waals surface area contributed by atoms with Gasteiger partial charge in [-0.15, -0.1) is 0 Å². The van der Waals surface area contributed by atoms with Crippen molar-refractivity contribution in [3.8, 4) is 0 Å². The molecule has 0 aliphatic carbocycles. The SMILES string of the molecule is CCC(C(=O)O)N1CCNCC1C(N)=O. The van der Waals surface area contributed by atoms with E-state index in [2.05, 4.69) is 5.32 Å². The van der Waals surface area contributed by atoms with Crippen LogP contribution in [-0.2, 0) is 9.59 Å². The standard InChI is InChI=1S/C9H17N3O3/c1-2-6(9(14)15)12-4-3-11-5-7(12)8(10)13/h6-7,11H,2-5H2,1H3,(H2,10,13)(H,14,15). The van der Waals surface area contributed by atoms with Crippen LogP contribution in [0.1, 0.15) is 13.3 Å². The van der Waals surface area contributed by atoms with Crippen LogP contribution in [-0.4, -0.2) is 53.6 Å². The van der Waals surface area contributed by atoms with E-state index in [9.17, 15) is 9.59 Å². The van der Waals surface area contributed by atoms with Gasteiger partial charge in [0, 0.05) is 19.6 Å². The number of primary amides is 1. The Bertz CT molecular complexity index is 241. The molecule has 6 nitrogen and oxygen atoms in total. The summed E-state index contributed by atoms with van der Waals surface area (Å²) < 4.78 is 0. The molecule has 0 aromatic rings. The molecule has 6 heteroatoms. The van der Waals surface area contributed by atoms with Gasteiger partial charge in [-0.25, -0.2) is 0 Å². The molecule has 0 saturated carbocycles. The molecule has 1 fully saturated rings. The largest absolute Gasteiger partial charge is 0.480 e. The molecule has 2 atom stereocenters. The summed E-state index contributed by atoms with van der Waals surface area (Å²) in [4.78, 5) is 23.8. The first-order valence-corrected chi connectivity index (χ1v) is 5.06. The number of hydrogen-bond acceptors (Lipinski definition) is 4. The number of nitrogens with two attached hydrogens (primary N) is 1. The number of piperazine rings is 1. The highest BCUT2D eigenvalue weighted by molar-refractivity contribution is 5.82. The maximum atomic E-state index is 11.2. The van der Waals surface area contributed by atoms with Gasteiger partial charge < -0.3 is 16.2 Å². The van der Waals surface area contributed by atoms with Crippen molar-refractivity contribution < 1.29 is 14.7 Å². The van der Waals surface area contributed by atoms with E-state index in [0.717, 1.165) is 0 Å². The number of nitrogens with one attached hydrogen (secondary N) is 1. The Kier molecular flexibility index (Phi) is 4.05. The molecule has 1 amide bonds. The van der Waals surface area contributed by atoms with E-state index in [0.29, 0.717) is 26.1 Å². The third kappa shape index (κ3) is 2.66. The van der Waals surface area contributed by atoms with Crippen molar-refractivity contribution in [3.63, 3.8) is 0 Å². The summed E-state index contributed by atoms with van der Waals surface area (Å²) in [5.74, 6) is -1.37. The van der Waals surface area contributed by atoms with Crippen LogP contribution < -0.4 is 11.1 Å². The lowest BCUT2D eigenvalue weighted by Gasteiger charge is -2.37. The van der Waals surface area contributed by atoms with Gasteiger partial charge in [0.05, 0.1) is 0 Å². The lowest BCUT2D eigenvalue weighted by atomic mass is 10.1. The molecule has 0 spiro atoms. The second-order valence-corrected chi connectivity index (χ2v) is 3.62. The van der Waals surface area contributed by atoms with Crippen molar-refractivity contribution in [2.75, 3.05) is 19.6 Å². The van der Waals surface area contributed by atoms with Crippen LogP contribution in [0.15, 0.2) is 0 Å². The Morgan fingerprint density at radius 1 is 1.67 bits per heavy atom. The van der Waals surface area contributed by atoms with Crippen molar-refractivity contribution in [2.45, 2.75) is 25.4 Å². The number of carbonyl (C=O) groups excluding carboxylic acids is 1.